The van der Waals surface area contributed by atoms with Crippen LogP contribution in [0.3, 0.4) is 0 Å². The lowest BCUT2D eigenvalue weighted by atomic mass is 10.1. The van der Waals surface area contributed by atoms with Gasteiger partial charge in [-0.1, -0.05) is 30.3 Å². The molecule has 206 valence electrons. The fraction of sp³-hybridized carbons (Fsp3) is 0.500. The molecule has 2 heterocycles. The fourth-order valence-corrected chi connectivity index (χ4v) is 4.96. The summed E-state index contributed by atoms with van der Waals surface area (Å²) in [5.74, 6) is 0.777. The van der Waals surface area contributed by atoms with E-state index in [0.29, 0.717) is 44.8 Å². The van der Waals surface area contributed by atoms with E-state index in [-0.39, 0.29) is 24.3 Å². The molecule has 2 amide bonds. The Hall–Kier alpha value is -3.11. The number of nitrogens with zero attached hydrogens (tertiary/aromatic N) is 3. The summed E-state index contributed by atoms with van der Waals surface area (Å²) in [6.45, 7) is 5.29. The molecule has 38 heavy (non-hydrogen) atoms. The summed E-state index contributed by atoms with van der Waals surface area (Å²) in [4.78, 5) is 30.2. The lowest BCUT2D eigenvalue weighted by Crippen LogP contribution is -2.49. The molecule has 0 bridgehead atoms. The molecule has 2 saturated heterocycles. The number of hydrogen-bond acceptors (Lipinski definition) is 5. The second-order valence-corrected chi connectivity index (χ2v) is 10.1. The first-order valence-electron chi connectivity index (χ1n) is 13.0. The molecule has 2 aromatic carbocycles. The highest BCUT2D eigenvalue weighted by atomic mass is 19.4. The average Bonchev–Trinajstić information content (AvgIpc) is 3.28. The van der Waals surface area contributed by atoms with E-state index in [1.165, 1.54) is 6.07 Å². The minimum Gasteiger partial charge on any atom is -0.492 e. The van der Waals surface area contributed by atoms with Crippen LogP contribution in [0.5, 0.6) is 5.75 Å². The van der Waals surface area contributed by atoms with Crippen molar-refractivity contribution in [3.05, 3.63) is 65.2 Å². The van der Waals surface area contributed by atoms with Crippen LogP contribution >= 0.6 is 0 Å². The quantitative estimate of drug-likeness (QED) is 0.509. The van der Waals surface area contributed by atoms with Gasteiger partial charge in [0.15, 0.2) is 0 Å². The van der Waals surface area contributed by atoms with Crippen molar-refractivity contribution in [3.63, 3.8) is 0 Å². The van der Waals surface area contributed by atoms with Gasteiger partial charge in [0.1, 0.15) is 12.4 Å². The minimum absolute atomic E-state index is 0.0339. The second kappa shape index (κ2) is 12.6. The fourth-order valence-electron chi connectivity index (χ4n) is 4.96. The maximum absolute atomic E-state index is 12.9. The molecule has 0 radical (unpaired) electrons. The van der Waals surface area contributed by atoms with Crippen LogP contribution < -0.4 is 10.1 Å². The van der Waals surface area contributed by atoms with Crippen molar-refractivity contribution in [1.29, 1.82) is 0 Å². The zero-order chi connectivity index (χ0) is 27.1. The van der Waals surface area contributed by atoms with Crippen LogP contribution in [-0.4, -0.2) is 85.5 Å². The van der Waals surface area contributed by atoms with Crippen molar-refractivity contribution in [1.82, 2.24) is 20.0 Å². The Morgan fingerprint density at radius 3 is 2.53 bits per heavy atom. The smallest absolute Gasteiger partial charge is 0.416 e. The van der Waals surface area contributed by atoms with Gasteiger partial charge in [-0.25, -0.2) is 0 Å². The van der Waals surface area contributed by atoms with Gasteiger partial charge in [-0.05, 0) is 42.8 Å². The van der Waals surface area contributed by atoms with Gasteiger partial charge in [-0.15, -0.1) is 0 Å². The zero-order valence-corrected chi connectivity index (χ0v) is 21.7. The van der Waals surface area contributed by atoms with E-state index in [2.05, 4.69) is 21.2 Å². The number of hydrogen-bond donors (Lipinski definition) is 1. The third-order valence-electron chi connectivity index (χ3n) is 6.98. The van der Waals surface area contributed by atoms with E-state index in [0.717, 1.165) is 49.5 Å². The molecular formula is C28H35F3N4O3. The molecule has 1 atom stereocenters. The number of ether oxygens (including phenoxy) is 1. The van der Waals surface area contributed by atoms with Crippen LogP contribution in [0, 0.1) is 0 Å². The first kappa shape index (κ1) is 27.9. The zero-order valence-electron chi connectivity index (χ0n) is 21.7. The molecule has 0 saturated carbocycles. The molecule has 4 rings (SSSR count). The van der Waals surface area contributed by atoms with Gasteiger partial charge in [-0.3, -0.25) is 14.5 Å². The largest absolute Gasteiger partial charge is 0.492 e. The Morgan fingerprint density at radius 1 is 1.08 bits per heavy atom. The number of carbonyl (C=O) groups is 2. The summed E-state index contributed by atoms with van der Waals surface area (Å²) >= 11 is 0. The predicted molar refractivity (Wildman–Crippen MR) is 138 cm³/mol. The van der Waals surface area contributed by atoms with Crippen LogP contribution in [0.2, 0.25) is 0 Å². The highest BCUT2D eigenvalue weighted by Crippen LogP contribution is 2.29. The van der Waals surface area contributed by atoms with Crippen LogP contribution in [0.1, 0.15) is 29.5 Å². The first-order chi connectivity index (χ1) is 18.2. The molecule has 1 N–H and O–H groups in total. The van der Waals surface area contributed by atoms with Crippen LogP contribution in [-0.2, 0) is 28.7 Å². The van der Waals surface area contributed by atoms with E-state index in [4.69, 9.17) is 4.74 Å². The van der Waals surface area contributed by atoms with Gasteiger partial charge in [0.05, 0.1) is 12.0 Å². The lowest BCUT2D eigenvalue weighted by Gasteiger charge is -2.34. The number of likely N-dealkylation sites (N-methyl/N-ethyl adjacent to an activating group) is 1. The topological polar surface area (TPSA) is 65.1 Å². The van der Waals surface area contributed by atoms with E-state index in [1.54, 1.807) is 11.0 Å². The van der Waals surface area contributed by atoms with Crippen molar-refractivity contribution in [2.24, 2.45) is 0 Å². The van der Waals surface area contributed by atoms with E-state index < -0.39 is 11.7 Å². The molecule has 0 unspecified atom stereocenters. The number of nitrogens with one attached hydrogen (secondary N) is 1. The van der Waals surface area contributed by atoms with Crippen molar-refractivity contribution >= 4 is 11.8 Å². The highest BCUT2D eigenvalue weighted by molar-refractivity contribution is 5.79. The normalized spacial score (nSPS) is 18.6. The summed E-state index contributed by atoms with van der Waals surface area (Å²) in [5.41, 5.74) is 0.783. The maximum Gasteiger partial charge on any atom is 0.416 e. The van der Waals surface area contributed by atoms with Gasteiger partial charge in [0.2, 0.25) is 11.8 Å². The number of alkyl halides is 3. The van der Waals surface area contributed by atoms with E-state index >= 15 is 0 Å². The summed E-state index contributed by atoms with van der Waals surface area (Å²) in [7, 11) is 2.04. The van der Waals surface area contributed by atoms with Crippen molar-refractivity contribution < 1.29 is 27.5 Å². The first-order valence-corrected chi connectivity index (χ1v) is 13.0. The van der Waals surface area contributed by atoms with E-state index in [9.17, 15) is 22.8 Å². The SMILES string of the molecule is CN(Cc1cccc(OCCN2CCN(C(=O)Cc3cccc(C(F)(F)F)c3)CC2)c1)C[C@@H]1CCC(=O)N1. The van der Waals surface area contributed by atoms with Crippen LogP contribution in [0.15, 0.2) is 48.5 Å². The molecule has 0 aromatic heterocycles. The number of rotatable bonds is 10. The minimum atomic E-state index is -4.42. The molecule has 2 fully saturated rings. The van der Waals surface area contributed by atoms with E-state index in [1.807, 2.05) is 25.2 Å². The van der Waals surface area contributed by atoms with Gasteiger partial charge < -0.3 is 19.9 Å². The molecule has 0 aliphatic carbocycles. The molecule has 0 spiro atoms. The van der Waals surface area contributed by atoms with Crippen LogP contribution in [0.4, 0.5) is 13.2 Å². The van der Waals surface area contributed by atoms with Gasteiger partial charge in [0, 0.05) is 58.3 Å². The molecule has 2 aliphatic heterocycles. The molecule has 2 aromatic rings. The molecule has 2 aliphatic rings. The number of halogens is 3. The van der Waals surface area contributed by atoms with Gasteiger partial charge in [0.25, 0.3) is 0 Å². The van der Waals surface area contributed by atoms with Gasteiger partial charge >= 0.3 is 6.18 Å². The maximum atomic E-state index is 12.9. The van der Waals surface area contributed by atoms with Crippen molar-refractivity contribution in [2.45, 2.75) is 38.0 Å². The Labute approximate surface area is 221 Å². The van der Waals surface area contributed by atoms with Crippen molar-refractivity contribution in [2.75, 3.05) is 52.9 Å². The Kier molecular flexibility index (Phi) is 9.27. The summed E-state index contributed by atoms with van der Waals surface area (Å²) in [5, 5.41) is 3.00. The summed E-state index contributed by atoms with van der Waals surface area (Å²) in [6.07, 6.45) is -2.97. The molecular weight excluding hydrogens is 497 g/mol. The third kappa shape index (κ3) is 8.19. The second-order valence-electron chi connectivity index (χ2n) is 10.1. The Morgan fingerprint density at radius 2 is 1.82 bits per heavy atom. The molecule has 10 heteroatoms. The third-order valence-corrected chi connectivity index (χ3v) is 6.98. The van der Waals surface area contributed by atoms with Gasteiger partial charge in [-0.2, -0.15) is 13.2 Å². The number of piperazine rings is 1. The molecule has 7 nitrogen and oxygen atoms in total. The number of benzene rings is 2. The average molecular weight is 533 g/mol. The summed E-state index contributed by atoms with van der Waals surface area (Å²) < 4.78 is 44.8. The Bertz CT molecular complexity index is 1100. The highest BCUT2D eigenvalue weighted by Gasteiger charge is 2.31. The number of amides is 2. The Balaban J connectivity index is 1.16. The summed E-state index contributed by atoms with van der Waals surface area (Å²) in [6, 6.07) is 13.2. The number of carbonyl (C=O) groups excluding carboxylic acids is 2. The predicted octanol–water partition coefficient (Wildman–Crippen LogP) is 3.18. The van der Waals surface area contributed by atoms with Crippen LogP contribution in [0.25, 0.3) is 0 Å². The van der Waals surface area contributed by atoms with Crippen molar-refractivity contribution in [3.8, 4) is 5.75 Å². The lowest BCUT2D eigenvalue weighted by molar-refractivity contribution is -0.138. The standard InChI is InChI=1S/C28H35F3N4O3/c1-33(20-24-8-9-26(36)32-24)19-22-5-3-7-25(17-22)38-15-14-34-10-12-35(13-11-34)27(37)18-21-4-2-6-23(16-21)28(29,30)31/h2-7,16-17,24H,8-15,18-20H2,1H3,(H,32,36)/t24-/m0/s1. The monoisotopic (exact) mass is 532 g/mol.